The van der Waals surface area contributed by atoms with E-state index < -0.39 is 0 Å². The molecule has 1 spiro atoms. The van der Waals surface area contributed by atoms with Crippen molar-refractivity contribution >= 4 is 53.2 Å². The summed E-state index contributed by atoms with van der Waals surface area (Å²) in [7, 11) is 0. The van der Waals surface area contributed by atoms with Gasteiger partial charge in [-0.25, -0.2) is 19.9 Å². The lowest BCUT2D eigenvalue weighted by Crippen LogP contribution is -2.52. The van der Waals surface area contributed by atoms with Crippen LogP contribution in [0.5, 0.6) is 6.01 Å². The van der Waals surface area contributed by atoms with E-state index >= 15 is 0 Å². The lowest BCUT2D eigenvalue weighted by Gasteiger charge is -2.43. The van der Waals surface area contributed by atoms with Crippen molar-refractivity contribution in [2.75, 3.05) is 49.5 Å². The maximum atomic E-state index is 6.78. The standard InChI is InChI=1S/C29H36ClN9O2S.ClH/c1-18-26(31)29(17-40-18)6-12-39(13-7-29)23-14-35-24(15-34-23)42-21-2-8-32-27(25(21)30)36-22-3-9-33-28(37-22)41-20-16-38-10-4-19(20)5-11-38;/h2-3,8-9,14-15,18-20,26H,4-7,10-13,16-17,31H2,1H3,(H,32,33,36,37);1H/t18-,20-,26+;/m0./s1. The average molecular weight is 647 g/mol. The van der Waals surface area contributed by atoms with Crippen LogP contribution in [0.4, 0.5) is 17.5 Å². The zero-order chi connectivity index (χ0) is 28.7. The van der Waals surface area contributed by atoms with Gasteiger partial charge in [0.15, 0.2) is 5.82 Å². The lowest BCUT2D eigenvalue weighted by molar-refractivity contribution is -0.0122. The Morgan fingerprint density at radius 3 is 2.53 bits per heavy atom. The number of piperidine rings is 4. The molecule has 3 aromatic rings. The molecule has 8 rings (SSSR count). The molecule has 230 valence electrons. The highest BCUT2D eigenvalue weighted by Crippen LogP contribution is 2.42. The summed E-state index contributed by atoms with van der Waals surface area (Å²) in [5.41, 5.74) is 6.56. The SMILES string of the molecule is C[C@@H]1OCC2(CCN(c3cnc(Sc4ccnc(Nc5ccnc(O[C@H]6CN7CCC6CC7)n5)c4Cl)cn3)CC2)[C@@H]1N.Cl. The number of pyridine rings is 1. The quantitative estimate of drug-likeness (QED) is 0.377. The monoisotopic (exact) mass is 645 g/mol. The normalized spacial score (nSPS) is 27.6. The largest absolute Gasteiger partial charge is 0.458 e. The van der Waals surface area contributed by atoms with Crippen LogP contribution in [-0.4, -0.2) is 87.4 Å². The van der Waals surface area contributed by atoms with Gasteiger partial charge >= 0.3 is 6.01 Å². The van der Waals surface area contributed by atoms with Crippen LogP contribution in [0.2, 0.25) is 5.02 Å². The van der Waals surface area contributed by atoms with E-state index in [1.165, 1.54) is 24.6 Å². The number of nitrogens with two attached hydrogens (primary N) is 1. The molecule has 0 radical (unpaired) electrons. The molecule has 5 fully saturated rings. The van der Waals surface area contributed by atoms with Crippen LogP contribution in [0, 0.1) is 11.3 Å². The summed E-state index contributed by atoms with van der Waals surface area (Å²) in [6, 6.07) is 4.11. The van der Waals surface area contributed by atoms with Crippen LogP contribution in [0.1, 0.15) is 32.6 Å². The Kier molecular flexibility index (Phi) is 9.14. The number of fused-ring (bicyclic) bond motifs is 3. The highest BCUT2D eigenvalue weighted by Gasteiger charge is 2.47. The molecular formula is C29H37Cl2N9O2S. The smallest absolute Gasteiger partial charge is 0.318 e. The molecule has 3 atom stereocenters. The van der Waals surface area contributed by atoms with Crippen LogP contribution in [0.3, 0.4) is 0 Å². The Balaban J connectivity index is 0.00000329. The zero-order valence-corrected chi connectivity index (χ0v) is 26.5. The van der Waals surface area contributed by atoms with Crippen molar-refractivity contribution in [1.82, 2.24) is 29.8 Å². The molecule has 5 aliphatic heterocycles. The van der Waals surface area contributed by atoms with Crippen molar-refractivity contribution in [3.63, 3.8) is 0 Å². The molecule has 11 nitrogen and oxygen atoms in total. The molecule has 14 heteroatoms. The van der Waals surface area contributed by atoms with Gasteiger partial charge in [-0.15, -0.1) is 12.4 Å². The fourth-order valence-corrected chi connectivity index (χ4v) is 7.68. The maximum Gasteiger partial charge on any atom is 0.318 e. The number of halogens is 2. The van der Waals surface area contributed by atoms with Crippen molar-refractivity contribution in [2.24, 2.45) is 17.1 Å². The van der Waals surface area contributed by atoms with E-state index in [4.69, 9.17) is 31.8 Å². The molecule has 3 aromatic heterocycles. The van der Waals surface area contributed by atoms with Crippen molar-refractivity contribution in [2.45, 2.75) is 60.8 Å². The summed E-state index contributed by atoms with van der Waals surface area (Å²) in [6.07, 6.45) is 11.6. The van der Waals surface area contributed by atoms with Crippen molar-refractivity contribution in [3.05, 3.63) is 41.9 Å². The number of ether oxygens (including phenoxy) is 2. The summed E-state index contributed by atoms with van der Waals surface area (Å²) in [6.45, 7) is 7.86. The second-order valence-corrected chi connectivity index (χ2v) is 13.3. The molecule has 5 aliphatic rings. The van der Waals surface area contributed by atoms with Gasteiger partial charge in [0.05, 0.1) is 30.1 Å². The summed E-state index contributed by atoms with van der Waals surface area (Å²) >= 11 is 8.22. The van der Waals surface area contributed by atoms with E-state index in [1.54, 1.807) is 24.7 Å². The van der Waals surface area contributed by atoms with Gasteiger partial charge in [-0.3, -0.25) is 4.90 Å². The fourth-order valence-electron chi connectivity index (χ4n) is 6.65. The summed E-state index contributed by atoms with van der Waals surface area (Å²) in [5, 5.41) is 4.47. The van der Waals surface area contributed by atoms with Gasteiger partial charge < -0.3 is 25.4 Å². The van der Waals surface area contributed by atoms with Gasteiger partial charge in [0.1, 0.15) is 22.8 Å². The van der Waals surface area contributed by atoms with E-state index in [0.717, 1.165) is 67.9 Å². The molecular weight excluding hydrogens is 609 g/mol. The van der Waals surface area contributed by atoms with Gasteiger partial charge in [-0.1, -0.05) is 23.4 Å². The zero-order valence-electron chi connectivity index (χ0n) is 24.1. The van der Waals surface area contributed by atoms with E-state index in [1.807, 2.05) is 12.3 Å². The maximum absolute atomic E-state index is 6.78. The Morgan fingerprint density at radius 2 is 1.86 bits per heavy atom. The molecule has 2 bridgehead atoms. The first-order valence-corrected chi connectivity index (χ1v) is 15.9. The highest BCUT2D eigenvalue weighted by atomic mass is 35.5. The minimum absolute atomic E-state index is 0. The number of anilines is 3. The number of rotatable bonds is 7. The number of hydrogen-bond acceptors (Lipinski definition) is 12. The van der Waals surface area contributed by atoms with Gasteiger partial charge in [0, 0.05) is 48.4 Å². The van der Waals surface area contributed by atoms with Gasteiger partial charge in [0.2, 0.25) is 0 Å². The molecule has 43 heavy (non-hydrogen) atoms. The molecule has 5 saturated heterocycles. The molecule has 0 unspecified atom stereocenters. The predicted molar refractivity (Wildman–Crippen MR) is 169 cm³/mol. The van der Waals surface area contributed by atoms with E-state index in [-0.39, 0.29) is 36.1 Å². The first kappa shape index (κ1) is 30.5. The minimum Gasteiger partial charge on any atom is -0.458 e. The summed E-state index contributed by atoms with van der Waals surface area (Å²) in [5.74, 6) is 2.52. The third-order valence-corrected chi connectivity index (χ3v) is 10.8. The minimum atomic E-state index is 0. The molecule has 0 aromatic carbocycles. The Morgan fingerprint density at radius 1 is 1.07 bits per heavy atom. The van der Waals surface area contributed by atoms with Crippen LogP contribution in [0.15, 0.2) is 46.8 Å². The number of nitrogens with zero attached hydrogens (tertiary/aromatic N) is 7. The van der Waals surface area contributed by atoms with Crippen LogP contribution >= 0.6 is 35.8 Å². The highest BCUT2D eigenvalue weighted by molar-refractivity contribution is 7.99. The molecule has 3 N–H and O–H groups in total. The molecule has 0 saturated carbocycles. The summed E-state index contributed by atoms with van der Waals surface area (Å²) in [4.78, 5) is 28.3. The third-order valence-electron chi connectivity index (χ3n) is 9.35. The predicted octanol–water partition coefficient (Wildman–Crippen LogP) is 4.44. The second kappa shape index (κ2) is 12.9. The third kappa shape index (κ3) is 6.36. The summed E-state index contributed by atoms with van der Waals surface area (Å²) < 4.78 is 12.1. The van der Waals surface area contributed by atoms with Crippen LogP contribution in [0.25, 0.3) is 0 Å². The fraction of sp³-hybridized carbons (Fsp3) is 0.552. The van der Waals surface area contributed by atoms with Gasteiger partial charge in [-0.2, -0.15) is 4.98 Å². The first-order valence-electron chi connectivity index (χ1n) is 14.7. The Labute approximate surface area is 267 Å². The van der Waals surface area contributed by atoms with Crippen LogP contribution in [-0.2, 0) is 4.74 Å². The van der Waals surface area contributed by atoms with Crippen LogP contribution < -0.4 is 20.7 Å². The van der Waals surface area contributed by atoms with Gasteiger partial charge in [0.25, 0.3) is 0 Å². The van der Waals surface area contributed by atoms with E-state index in [0.29, 0.717) is 28.6 Å². The van der Waals surface area contributed by atoms with Crippen molar-refractivity contribution < 1.29 is 9.47 Å². The Hall–Kier alpha value is -2.48. The van der Waals surface area contributed by atoms with E-state index in [9.17, 15) is 0 Å². The second-order valence-electron chi connectivity index (χ2n) is 11.8. The lowest BCUT2D eigenvalue weighted by atomic mass is 9.73. The number of aromatic nitrogens is 5. The molecule has 8 heterocycles. The number of hydrogen-bond donors (Lipinski definition) is 2. The molecule has 0 aliphatic carbocycles. The first-order chi connectivity index (χ1) is 20.5. The Bertz CT molecular complexity index is 1400. The van der Waals surface area contributed by atoms with Gasteiger partial charge in [-0.05, 0) is 63.7 Å². The number of nitrogens with one attached hydrogen (secondary N) is 1. The van der Waals surface area contributed by atoms with Crippen molar-refractivity contribution in [1.29, 1.82) is 0 Å². The van der Waals surface area contributed by atoms with E-state index in [2.05, 4.69) is 42.0 Å². The average Bonchev–Trinajstić information content (AvgIpc) is 3.29. The van der Waals surface area contributed by atoms with Crippen molar-refractivity contribution in [3.8, 4) is 6.01 Å². The topological polar surface area (TPSA) is 127 Å². The molecule has 0 amide bonds.